The molecule has 2 rings (SSSR count). The van der Waals surface area contributed by atoms with E-state index < -0.39 is 6.04 Å². The van der Waals surface area contributed by atoms with Crippen LogP contribution in [0.3, 0.4) is 0 Å². The minimum absolute atomic E-state index is 0.0725. The van der Waals surface area contributed by atoms with Crippen LogP contribution in [-0.2, 0) is 10.2 Å². The number of carbonyl (C=O) groups excluding carboxylic acids is 1. The minimum Gasteiger partial charge on any atom is -0.354 e. The summed E-state index contributed by atoms with van der Waals surface area (Å²) in [7, 11) is 0. The summed E-state index contributed by atoms with van der Waals surface area (Å²) in [5, 5.41) is 5.90. The van der Waals surface area contributed by atoms with Crippen molar-refractivity contribution in [1.82, 2.24) is 10.6 Å². The first-order chi connectivity index (χ1) is 9.27. The number of nitrogens with zero attached hydrogens (tertiary/aromatic N) is 1. The van der Waals surface area contributed by atoms with Crippen LogP contribution in [0.2, 0.25) is 0 Å². The van der Waals surface area contributed by atoms with Crippen LogP contribution >= 0.6 is 0 Å². The fourth-order valence-corrected chi connectivity index (χ4v) is 2.14. The maximum Gasteiger partial charge on any atom is 0.256 e. The van der Waals surface area contributed by atoms with Crippen LogP contribution in [0.25, 0.3) is 0 Å². The Labute approximate surface area is 120 Å². The van der Waals surface area contributed by atoms with E-state index in [0.717, 1.165) is 5.56 Å². The smallest absolute Gasteiger partial charge is 0.256 e. The van der Waals surface area contributed by atoms with Crippen molar-refractivity contribution in [3.63, 3.8) is 0 Å². The van der Waals surface area contributed by atoms with Crippen LogP contribution in [0.15, 0.2) is 29.3 Å². The average molecular weight is 273 g/mol. The number of hydrogen-bond acceptors (Lipinski definition) is 3. The number of carbonyl (C=O) groups is 1. The molecule has 1 aromatic rings. The number of rotatable bonds is 2. The maximum atomic E-state index is 12.0. The third kappa shape index (κ3) is 3.18. The van der Waals surface area contributed by atoms with Gasteiger partial charge < -0.3 is 5.32 Å². The molecule has 0 aromatic heterocycles. The van der Waals surface area contributed by atoms with Gasteiger partial charge in [0.25, 0.3) is 5.91 Å². The van der Waals surface area contributed by atoms with Crippen LogP contribution in [0.5, 0.6) is 0 Å². The first-order valence-electron chi connectivity index (χ1n) is 7.03. The van der Waals surface area contributed by atoms with Crippen molar-refractivity contribution >= 4 is 11.9 Å². The van der Waals surface area contributed by atoms with Crippen LogP contribution < -0.4 is 10.6 Å². The van der Waals surface area contributed by atoms with Gasteiger partial charge in [0.05, 0.1) is 0 Å². The Balaban J connectivity index is 2.19. The van der Waals surface area contributed by atoms with E-state index in [4.69, 9.17) is 0 Å². The topological polar surface area (TPSA) is 53.5 Å². The molecule has 4 nitrogen and oxygen atoms in total. The predicted molar refractivity (Wildman–Crippen MR) is 81.7 cm³/mol. The van der Waals surface area contributed by atoms with E-state index in [2.05, 4.69) is 48.5 Å². The summed E-state index contributed by atoms with van der Waals surface area (Å²) in [6.07, 6.45) is 0. The van der Waals surface area contributed by atoms with Crippen molar-refractivity contribution in [3.8, 4) is 0 Å². The highest BCUT2D eigenvalue weighted by molar-refractivity contribution is 6.05. The predicted octanol–water partition coefficient (Wildman–Crippen LogP) is 2.51. The minimum atomic E-state index is -0.440. The van der Waals surface area contributed by atoms with Gasteiger partial charge in [0.2, 0.25) is 0 Å². The van der Waals surface area contributed by atoms with Gasteiger partial charge in [-0.2, -0.15) is 0 Å². The Kier molecular flexibility index (Phi) is 3.84. The Morgan fingerprint density at radius 3 is 2.30 bits per heavy atom. The lowest BCUT2D eigenvalue weighted by Crippen LogP contribution is -2.40. The van der Waals surface area contributed by atoms with E-state index in [1.165, 1.54) is 5.56 Å². The van der Waals surface area contributed by atoms with Gasteiger partial charge in [-0.15, -0.1) is 0 Å². The third-order valence-corrected chi connectivity index (χ3v) is 3.27. The van der Waals surface area contributed by atoms with E-state index in [0.29, 0.717) is 5.96 Å². The van der Waals surface area contributed by atoms with E-state index in [1.54, 1.807) is 0 Å². The number of hydrogen-bond donors (Lipinski definition) is 2. The zero-order valence-corrected chi connectivity index (χ0v) is 12.8. The van der Waals surface area contributed by atoms with Crippen LogP contribution in [0.1, 0.15) is 51.8 Å². The van der Waals surface area contributed by atoms with Gasteiger partial charge in [0.15, 0.2) is 12.0 Å². The molecule has 0 saturated heterocycles. The van der Waals surface area contributed by atoms with Crippen molar-refractivity contribution < 1.29 is 4.79 Å². The van der Waals surface area contributed by atoms with E-state index >= 15 is 0 Å². The molecular weight excluding hydrogens is 250 g/mol. The van der Waals surface area contributed by atoms with Crippen molar-refractivity contribution in [2.24, 2.45) is 4.99 Å². The SMILES string of the molecule is CC(C)NC1=NC(c2ccc(C(C)(C)C)cc2)C(=O)N1. The van der Waals surface area contributed by atoms with Crippen LogP contribution in [0, 0.1) is 0 Å². The standard InChI is InChI=1S/C16H23N3O/c1-10(2)17-15-18-13(14(20)19-15)11-6-8-12(9-7-11)16(3,4)5/h6-10,13H,1-5H3,(H2,17,18,19,20). The first kappa shape index (κ1) is 14.6. The second-order valence-electron chi connectivity index (χ2n) is 6.54. The Morgan fingerprint density at radius 2 is 1.80 bits per heavy atom. The molecular formula is C16H23N3O. The zero-order valence-electron chi connectivity index (χ0n) is 12.8. The van der Waals surface area contributed by atoms with Crippen molar-refractivity contribution in [2.75, 3.05) is 0 Å². The summed E-state index contributed by atoms with van der Waals surface area (Å²) >= 11 is 0. The zero-order chi connectivity index (χ0) is 14.9. The van der Waals surface area contributed by atoms with Gasteiger partial charge >= 0.3 is 0 Å². The Bertz CT molecular complexity index is 524. The molecule has 0 spiro atoms. The van der Waals surface area contributed by atoms with Gasteiger partial charge in [0, 0.05) is 6.04 Å². The van der Waals surface area contributed by atoms with E-state index in [1.807, 2.05) is 26.0 Å². The summed E-state index contributed by atoms with van der Waals surface area (Å²) in [6.45, 7) is 10.5. The number of guanidine groups is 1. The molecule has 2 N–H and O–H groups in total. The molecule has 1 atom stereocenters. The fourth-order valence-electron chi connectivity index (χ4n) is 2.14. The molecule has 0 saturated carbocycles. The summed E-state index contributed by atoms with van der Waals surface area (Å²) in [5.41, 5.74) is 2.30. The monoisotopic (exact) mass is 273 g/mol. The fraction of sp³-hybridized carbons (Fsp3) is 0.500. The average Bonchev–Trinajstić information content (AvgIpc) is 2.68. The summed E-state index contributed by atoms with van der Waals surface area (Å²) in [6, 6.07) is 7.94. The molecule has 1 heterocycles. The summed E-state index contributed by atoms with van der Waals surface area (Å²) < 4.78 is 0. The molecule has 1 amide bonds. The molecule has 1 aliphatic heterocycles. The van der Waals surface area contributed by atoms with Crippen LogP contribution in [0.4, 0.5) is 0 Å². The highest BCUT2D eigenvalue weighted by atomic mass is 16.2. The van der Waals surface area contributed by atoms with Crippen molar-refractivity contribution in [2.45, 2.75) is 52.1 Å². The van der Waals surface area contributed by atoms with Crippen LogP contribution in [-0.4, -0.2) is 17.9 Å². The van der Waals surface area contributed by atoms with E-state index in [9.17, 15) is 4.79 Å². The lowest BCUT2D eigenvalue weighted by atomic mass is 9.86. The molecule has 0 fully saturated rings. The highest BCUT2D eigenvalue weighted by Crippen LogP contribution is 2.26. The van der Waals surface area contributed by atoms with Gasteiger partial charge in [-0.1, -0.05) is 45.0 Å². The largest absolute Gasteiger partial charge is 0.354 e. The molecule has 4 heteroatoms. The molecule has 20 heavy (non-hydrogen) atoms. The highest BCUT2D eigenvalue weighted by Gasteiger charge is 2.28. The van der Waals surface area contributed by atoms with Crippen molar-refractivity contribution in [3.05, 3.63) is 35.4 Å². The number of amides is 1. The molecule has 108 valence electrons. The molecule has 1 unspecified atom stereocenters. The number of nitrogens with one attached hydrogen (secondary N) is 2. The Morgan fingerprint density at radius 1 is 1.20 bits per heavy atom. The molecule has 0 bridgehead atoms. The summed E-state index contributed by atoms with van der Waals surface area (Å²) in [4.78, 5) is 16.4. The van der Waals surface area contributed by atoms with Gasteiger partial charge in [-0.25, -0.2) is 4.99 Å². The normalized spacial score (nSPS) is 19.0. The lowest BCUT2D eigenvalue weighted by Gasteiger charge is -2.19. The molecule has 0 radical (unpaired) electrons. The molecule has 1 aromatic carbocycles. The Hall–Kier alpha value is -1.84. The second kappa shape index (κ2) is 5.27. The van der Waals surface area contributed by atoms with Gasteiger partial charge in [-0.05, 0) is 30.4 Å². The molecule has 0 aliphatic carbocycles. The second-order valence-corrected chi connectivity index (χ2v) is 6.54. The van der Waals surface area contributed by atoms with Crippen molar-refractivity contribution in [1.29, 1.82) is 0 Å². The lowest BCUT2D eigenvalue weighted by molar-refractivity contribution is -0.120. The maximum absolute atomic E-state index is 12.0. The third-order valence-electron chi connectivity index (χ3n) is 3.27. The number of benzene rings is 1. The number of aliphatic imine (C=N–C) groups is 1. The quantitative estimate of drug-likeness (QED) is 0.870. The van der Waals surface area contributed by atoms with Gasteiger partial charge in [-0.3, -0.25) is 10.1 Å². The van der Waals surface area contributed by atoms with E-state index in [-0.39, 0.29) is 17.4 Å². The molecule has 1 aliphatic rings. The first-order valence-corrected chi connectivity index (χ1v) is 7.03. The summed E-state index contributed by atoms with van der Waals surface area (Å²) in [5.74, 6) is 0.492. The van der Waals surface area contributed by atoms with Gasteiger partial charge in [0.1, 0.15) is 0 Å².